The quantitative estimate of drug-likeness (QED) is 0.399. The molecule has 8 nitrogen and oxygen atoms in total. The molecule has 216 valence electrons. The number of hydrogen-bond acceptors (Lipinski definition) is 6. The third-order valence-electron chi connectivity index (χ3n) is 6.26. The Morgan fingerprint density at radius 2 is 1.75 bits per heavy atom. The highest BCUT2D eigenvalue weighted by molar-refractivity contribution is 7.89. The molecule has 3 atom stereocenters. The molecule has 16 heteroatoms. The molecule has 1 fully saturated rings. The van der Waals surface area contributed by atoms with Crippen molar-refractivity contribution in [2.45, 2.75) is 55.6 Å². The van der Waals surface area contributed by atoms with Crippen LogP contribution in [-0.4, -0.2) is 51.8 Å². The van der Waals surface area contributed by atoms with Crippen molar-refractivity contribution in [3.8, 4) is 11.1 Å². The second-order valence-corrected chi connectivity index (χ2v) is 10.7. The van der Waals surface area contributed by atoms with Crippen LogP contribution in [0, 0.1) is 5.82 Å². The molecular formula is C24H22F7N5O3S. The number of sulfonamides is 1. The molecule has 3 aromatic rings. The summed E-state index contributed by atoms with van der Waals surface area (Å²) >= 11 is 0. The summed E-state index contributed by atoms with van der Waals surface area (Å²) in [6.07, 6.45) is -7.84. The van der Waals surface area contributed by atoms with Gasteiger partial charge in [0.05, 0.1) is 23.2 Å². The number of pyridine rings is 1. The van der Waals surface area contributed by atoms with Crippen LogP contribution in [0.2, 0.25) is 0 Å². The van der Waals surface area contributed by atoms with Gasteiger partial charge in [0.25, 0.3) is 6.43 Å². The third-order valence-corrected chi connectivity index (χ3v) is 8.27. The SMILES string of the molecule is C[C@H]1[C@H](F)C[C@@H](C(=O)NCc2cc(-c3cnc(C(F)(F)F)nc3)c(C(F)F)cn2)N1S(=O)(=O)c1ccc(F)cc1.[HH]. The predicted molar refractivity (Wildman–Crippen MR) is 127 cm³/mol. The van der Waals surface area contributed by atoms with Gasteiger partial charge in [0.2, 0.25) is 21.8 Å². The highest BCUT2D eigenvalue weighted by Crippen LogP contribution is 2.34. The van der Waals surface area contributed by atoms with Crippen LogP contribution in [0.5, 0.6) is 0 Å². The minimum atomic E-state index is -4.84. The Hall–Kier alpha value is -3.66. The number of aromatic nitrogens is 3. The molecule has 0 bridgehead atoms. The Kier molecular flexibility index (Phi) is 8.12. The zero-order chi connectivity index (χ0) is 29.4. The summed E-state index contributed by atoms with van der Waals surface area (Å²) in [5.74, 6) is -3.07. The Labute approximate surface area is 224 Å². The monoisotopic (exact) mass is 593 g/mol. The summed E-state index contributed by atoms with van der Waals surface area (Å²) < 4.78 is 120. The van der Waals surface area contributed by atoms with E-state index in [0.29, 0.717) is 4.31 Å². The summed E-state index contributed by atoms with van der Waals surface area (Å²) in [6.45, 7) is 0.866. The molecule has 1 aromatic carbocycles. The van der Waals surface area contributed by atoms with E-state index in [9.17, 15) is 43.9 Å². The Morgan fingerprint density at radius 1 is 1.12 bits per heavy atom. The van der Waals surface area contributed by atoms with E-state index in [2.05, 4.69) is 20.3 Å². The molecule has 1 N–H and O–H groups in total. The van der Waals surface area contributed by atoms with Crippen LogP contribution in [-0.2, 0) is 27.5 Å². The third kappa shape index (κ3) is 5.91. The zero-order valence-corrected chi connectivity index (χ0v) is 21.2. The van der Waals surface area contributed by atoms with Crippen molar-refractivity contribution in [1.82, 2.24) is 24.6 Å². The van der Waals surface area contributed by atoms with Gasteiger partial charge in [-0.15, -0.1) is 0 Å². The number of halogens is 7. The molecule has 0 radical (unpaired) electrons. The molecule has 1 amide bonds. The minimum Gasteiger partial charge on any atom is -0.349 e. The lowest BCUT2D eigenvalue weighted by Gasteiger charge is -2.26. The lowest BCUT2D eigenvalue weighted by atomic mass is 10.0. The number of amides is 1. The van der Waals surface area contributed by atoms with E-state index in [1.807, 2.05) is 0 Å². The van der Waals surface area contributed by atoms with Crippen molar-refractivity contribution in [2.24, 2.45) is 0 Å². The molecule has 0 unspecified atom stereocenters. The maximum Gasteiger partial charge on any atom is 0.451 e. The molecule has 0 saturated carbocycles. The zero-order valence-electron chi connectivity index (χ0n) is 20.4. The topological polar surface area (TPSA) is 105 Å². The van der Waals surface area contributed by atoms with Crippen molar-refractivity contribution >= 4 is 15.9 Å². The van der Waals surface area contributed by atoms with Gasteiger partial charge in [-0.05, 0) is 42.8 Å². The number of benzene rings is 1. The van der Waals surface area contributed by atoms with Gasteiger partial charge < -0.3 is 5.32 Å². The molecule has 40 heavy (non-hydrogen) atoms. The number of hydrogen-bond donors (Lipinski definition) is 1. The average molecular weight is 594 g/mol. The number of alkyl halides is 6. The van der Waals surface area contributed by atoms with E-state index >= 15 is 0 Å². The van der Waals surface area contributed by atoms with E-state index in [0.717, 1.165) is 48.9 Å². The fourth-order valence-electron chi connectivity index (χ4n) is 4.23. The van der Waals surface area contributed by atoms with E-state index < -0.39 is 77.0 Å². The summed E-state index contributed by atoms with van der Waals surface area (Å²) in [5, 5.41) is 2.40. The number of carbonyl (C=O) groups is 1. The first-order chi connectivity index (χ1) is 18.7. The van der Waals surface area contributed by atoms with E-state index in [1.54, 1.807) is 0 Å². The summed E-state index contributed by atoms with van der Waals surface area (Å²) in [5.41, 5.74) is -1.04. The normalized spacial score (nSPS) is 20.2. The van der Waals surface area contributed by atoms with E-state index in [1.165, 1.54) is 6.92 Å². The lowest BCUT2D eigenvalue weighted by Crippen LogP contribution is -2.48. The summed E-state index contributed by atoms with van der Waals surface area (Å²) in [6, 6.07) is 2.17. The fourth-order valence-corrected chi connectivity index (χ4v) is 6.04. The molecular weight excluding hydrogens is 571 g/mol. The number of carbonyl (C=O) groups excluding carboxylic acids is 1. The van der Waals surface area contributed by atoms with Crippen molar-refractivity contribution < 1.29 is 45.4 Å². The van der Waals surface area contributed by atoms with Crippen molar-refractivity contribution in [2.75, 3.05) is 0 Å². The average Bonchev–Trinajstić information content (AvgIpc) is 3.21. The molecule has 3 heterocycles. The fraction of sp³-hybridized carbons (Fsp3) is 0.333. The molecule has 4 rings (SSSR count). The van der Waals surface area contributed by atoms with Gasteiger partial charge in [-0.25, -0.2) is 35.9 Å². The van der Waals surface area contributed by atoms with Gasteiger partial charge in [0, 0.05) is 37.6 Å². The van der Waals surface area contributed by atoms with Crippen LogP contribution in [0.25, 0.3) is 11.1 Å². The van der Waals surface area contributed by atoms with Crippen LogP contribution >= 0.6 is 0 Å². The molecule has 1 aliphatic rings. The number of nitrogens with one attached hydrogen (secondary N) is 1. The molecule has 1 saturated heterocycles. The summed E-state index contributed by atoms with van der Waals surface area (Å²) in [7, 11) is -4.41. The van der Waals surface area contributed by atoms with Crippen LogP contribution < -0.4 is 5.32 Å². The van der Waals surface area contributed by atoms with Gasteiger partial charge >= 0.3 is 6.18 Å². The Morgan fingerprint density at radius 3 is 2.33 bits per heavy atom. The maximum atomic E-state index is 14.6. The second kappa shape index (κ2) is 11.1. The molecule has 0 spiro atoms. The Bertz CT molecular complexity index is 1490. The largest absolute Gasteiger partial charge is 0.451 e. The minimum absolute atomic E-state index is 0. The first-order valence-electron chi connectivity index (χ1n) is 11.6. The van der Waals surface area contributed by atoms with Gasteiger partial charge in [-0.2, -0.15) is 17.5 Å². The predicted octanol–water partition coefficient (Wildman–Crippen LogP) is 4.69. The highest BCUT2D eigenvalue weighted by Gasteiger charge is 2.49. The van der Waals surface area contributed by atoms with Gasteiger partial charge in [0.1, 0.15) is 18.0 Å². The van der Waals surface area contributed by atoms with Crippen LogP contribution in [0.1, 0.15) is 38.3 Å². The highest BCUT2D eigenvalue weighted by atomic mass is 32.2. The number of nitrogens with zero attached hydrogens (tertiary/aromatic N) is 4. The van der Waals surface area contributed by atoms with Crippen molar-refractivity contribution in [3.63, 3.8) is 0 Å². The molecule has 2 aromatic heterocycles. The van der Waals surface area contributed by atoms with Crippen molar-refractivity contribution in [3.05, 3.63) is 71.8 Å². The van der Waals surface area contributed by atoms with Gasteiger partial charge in [0.15, 0.2) is 0 Å². The van der Waals surface area contributed by atoms with Gasteiger partial charge in [-0.3, -0.25) is 9.78 Å². The first kappa shape index (κ1) is 29.3. The summed E-state index contributed by atoms with van der Waals surface area (Å²) in [4.78, 5) is 22.8. The first-order valence-corrected chi connectivity index (χ1v) is 13.0. The second-order valence-electron chi connectivity index (χ2n) is 8.87. The van der Waals surface area contributed by atoms with Crippen LogP contribution in [0.4, 0.5) is 30.7 Å². The van der Waals surface area contributed by atoms with Crippen LogP contribution in [0.15, 0.2) is 53.8 Å². The molecule has 1 aliphatic heterocycles. The molecule has 0 aliphatic carbocycles. The smallest absolute Gasteiger partial charge is 0.349 e. The lowest BCUT2D eigenvalue weighted by molar-refractivity contribution is -0.145. The van der Waals surface area contributed by atoms with E-state index in [4.69, 9.17) is 0 Å². The Balaban J connectivity index is 0.00000462. The van der Waals surface area contributed by atoms with Gasteiger partial charge in [-0.1, -0.05) is 0 Å². The van der Waals surface area contributed by atoms with Crippen LogP contribution in [0.3, 0.4) is 0 Å². The number of rotatable bonds is 7. The standard InChI is InChI=1S/C24H20F7N5O3S.H2/c1-12-19(26)7-20(36(12)40(38,39)16-4-2-14(25)3-5-16)22(37)33-10-15-6-17(18(11-32-15)21(27)28)13-8-34-23(35-9-13)24(29,30)31;/h2-6,8-9,11-12,19-21H,7,10H2,1H3,(H,33,37);1H/t12-,19+,20-;/m0./s1. The van der Waals surface area contributed by atoms with E-state index in [-0.39, 0.29) is 23.1 Å². The maximum absolute atomic E-state index is 14.6. The van der Waals surface area contributed by atoms with Crippen molar-refractivity contribution in [1.29, 1.82) is 0 Å².